The lowest BCUT2D eigenvalue weighted by atomic mass is 9.98. The molecule has 1 N–H and O–H groups in total. The van der Waals surface area contributed by atoms with Gasteiger partial charge in [-0.3, -0.25) is 0 Å². The van der Waals surface area contributed by atoms with Crippen molar-refractivity contribution in [1.29, 1.82) is 0 Å². The van der Waals surface area contributed by atoms with Gasteiger partial charge in [0.1, 0.15) is 11.6 Å². The van der Waals surface area contributed by atoms with Crippen LogP contribution in [0.2, 0.25) is 5.02 Å². The average molecular weight is 294 g/mol. The zero-order chi connectivity index (χ0) is 14.5. The molecule has 0 spiro atoms. The maximum absolute atomic E-state index is 13.9. The Morgan fingerprint density at radius 3 is 2.75 bits per heavy atom. The van der Waals surface area contributed by atoms with Crippen LogP contribution >= 0.6 is 11.6 Å². The second kappa shape index (κ2) is 6.73. The summed E-state index contributed by atoms with van der Waals surface area (Å²) in [5.74, 6) is 0.542. The van der Waals surface area contributed by atoms with Crippen LogP contribution in [0.1, 0.15) is 17.2 Å². The summed E-state index contributed by atoms with van der Waals surface area (Å²) >= 11 is 5.95. The second-order valence-corrected chi connectivity index (χ2v) is 5.00. The normalized spacial score (nSPS) is 12.2. The number of benzene rings is 2. The van der Waals surface area contributed by atoms with E-state index in [0.717, 1.165) is 11.3 Å². The van der Waals surface area contributed by atoms with Gasteiger partial charge in [-0.05, 0) is 49.4 Å². The Hall–Kier alpha value is -1.58. The SMILES string of the molecule is CNC(Cc1cccc(OC)c1)c1cc(Cl)ccc1F. The van der Waals surface area contributed by atoms with Gasteiger partial charge in [0.15, 0.2) is 0 Å². The van der Waals surface area contributed by atoms with Crippen molar-refractivity contribution >= 4 is 11.6 Å². The molecule has 0 aromatic heterocycles. The van der Waals surface area contributed by atoms with Gasteiger partial charge in [0.05, 0.1) is 7.11 Å². The number of nitrogens with one attached hydrogen (secondary N) is 1. The van der Waals surface area contributed by atoms with Gasteiger partial charge in [0, 0.05) is 16.6 Å². The molecule has 2 rings (SSSR count). The molecule has 106 valence electrons. The number of hydrogen-bond acceptors (Lipinski definition) is 2. The van der Waals surface area contributed by atoms with Crippen molar-refractivity contribution in [3.8, 4) is 5.75 Å². The van der Waals surface area contributed by atoms with E-state index in [4.69, 9.17) is 16.3 Å². The Kier molecular flexibility index (Phi) is 4.99. The Balaban J connectivity index is 2.26. The van der Waals surface area contributed by atoms with E-state index in [-0.39, 0.29) is 11.9 Å². The van der Waals surface area contributed by atoms with Crippen LogP contribution in [0.5, 0.6) is 5.75 Å². The Labute approximate surface area is 123 Å². The van der Waals surface area contributed by atoms with E-state index in [9.17, 15) is 4.39 Å². The van der Waals surface area contributed by atoms with Crippen molar-refractivity contribution in [3.63, 3.8) is 0 Å². The van der Waals surface area contributed by atoms with E-state index in [1.165, 1.54) is 6.07 Å². The molecule has 0 heterocycles. The average Bonchev–Trinajstić information content (AvgIpc) is 2.47. The summed E-state index contributed by atoms with van der Waals surface area (Å²) in [6, 6.07) is 12.2. The highest BCUT2D eigenvalue weighted by Gasteiger charge is 2.15. The Morgan fingerprint density at radius 1 is 1.25 bits per heavy atom. The molecule has 0 aliphatic carbocycles. The van der Waals surface area contributed by atoms with Gasteiger partial charge in [-0.15, -0.1) is 0 Å². The first-order chi connectivity index (χ1) is 9.63. The third kappa shape index (κ3) is 3.50. The summed E-state index contributed by atoms with van der Waals surface area (Å²) in [5.41, 5.74) is 1.64. The maximum atomic E-state index is 13.9. The molecular weight excluding hydrogens is 277 g/mol. The molecule has 4 heteroatoms. The van der Waals surface area contributed by atoms with E-state index in [1.54, 1.807) is 19.2 Å². The van der Waals surface area contributed by atoms with Crippen molar-refractivity contribution in [1.82, 2.24) is 5.32 Å². The minimum Gasteiger partial charge on any atom is -0.497 e. The van der Waals surface area contributed by atoms with Gasteiger partial charge in [-0.2, -0.15) is 0 Å². The van der Waals surface area contributed by atoms with Crippen LogP contribution in [0.4, 0.5) is 4.39 Å². The number of hydrogen-bond donors (Lipinski definition) is 1. The maximum Gasteiger partial charge on any atom is 0.128 e. The molecule has 0 amide bonds. The molecule has 20 heavy (non-hydrogen) atoms. The van der Waals surface area contributed by atoms with Gasteiger partial charge in [0.25, 0.3) is 0 Å². The molecule has 0 radical (unpaired) electrons. The number of halogens is 2. The quantitative estimate of drug-likeness (QED) is 0.900. The van der Waals surface area contributed by atoms with Gasteiger partial charge in [-0.1, -0.05) is 23.7 Å². The summed E-state index contributed by atoms with van der Waals surface area (Å²) in [4.78, 5) is 0. The molecule has 2 aromatic rings. The van der Waals surface area contributed by atoms with Crippen molar-refractivity contribution in [3.05, 3.63) is 64.4 Å². The summed E-state index contributed by atoms with van der Waals surface area (Å²) in [5, 5.41) is 3.67. The fourth-order valence-electron chi connectivity index (χ4n) is 2.18. The van der Waals surface area contributed by atoms with Crippen LogP contribution in [-0.4, -0.2) is 14.2 Å². The minimum atomic E-state index is -0.253. The lowest BCUT2D eigenvalue weighted by molar-refractivity contribution is 0.414. The minimum absolute atomic E-state index is 0.138. The molecule has 0 bridgehead atoms. The van der Waals surface area contributed by atoms with E-state index in [1.807, 2.05) is 31.3 Å². The van der Waals surface area contributed by atoms with Gasteiger partial charge >= 0.3 is 0 Å². The predicted molar refractivity (Wildman–Crippen MR) is 79.9 cm³/mol. The Morgan fingerprint density at radius 2 is 2.05 bits per heavy atom. The van der Waals surface area contributed by atoms with E-state index < -0.39 is 0 Å². The highest BCUT2D eigenvalue weighted by Crippen LogP contribution is 2.25. The molecule has 2 aromatic carbocycles. The van der Waals surface area contributed by atoms with Gasteiger partial charge < -0.3 is 10.1 Å². The van der Waals surface area contributed by atoms with Crippen molar-refractivity contribution in [2.45, 2.75) is 12.5 Å². The molecule has 0 fully saturated rings. The van der Waals surface area contributed by atoms with E-state index >= 15 is 0 Å². The zero-order valence-electron chi connectivity index (χ0n) is 11.5. The molecule has 0 aliphatic rings. The van der Waals surface area contributed by atoms with E-state index in [2.05, 4.69) is 5.32 Å². The molecule has 0 saturated heterocycles. The first kappa shape index (κ1) is 14.8. The molecule has 2 nitrogen and oxygen atoms in total. The van der Waals surface area contributed by atoms with Crippen LogP contribution in [-0.2, 0) is 6.42 Å². The van der Waals surface area contributed by atoms with Gasteiger partial charge in [-0.25, -0.2) is 4.39 Å². The summed E-state index contributed by atoms with van der Waals surface area (Å²) in [6.45, 7) is 0. The monoisotopic (exact) mass is 293 g/mol. The highest BCUT2D eigenvalue weighted by molar-refractivity contribution is 6.30. The fraction of sp³-hybridized carbons (Fsp3) is 0.250. The standard InChI is InChI=1S/C16H17ClFNO/c1-19-16(14-10-12(17)6-7-15(14)18)9-11-4-3-5-13(8-11)20-2/h3-8,10,16,19H,9H2,1-2H3. The molecule has 1 unspecified atom stereocenters. The first-order valence-electron chi connectivity index (χ1n) is 6.39. The van der Waals surface area contributed by atoms with E-state index in [0.29, 0.717) is 17.0 Å². The second-order valence-electron chi connectivity index (χ2n) is 4.56. The molecule has 0 saturated carbocycles. The molecular formula is C16H17ClFNO. The van der Waals surface area contributed by atoms with Crippen molar-refractivity contribution in [2.24, 2.45) is 0 Å². The number of methoxy groups -OCH3 is 1. The summed E-state index contributed by atoms with van der Waals surface area (Å²) in [7, 11) is 3.44. The lowest BCUT2D eigenvalue weighted by Crippen LogP contribution is -2.20. The van der Waals surface area contributed by atoms with Crippen molar-refractivity contribution < 1.29 is 9.13 Å². The van der Waals surface area contributed by atoms with Crippen LogP contribution in [0, 0.1) is 5.82 Å². The lowest BCUT2D eigenvalue weighted by Gasteiger charge is -2.18. The smallest absolute Gasteiger partial charge is 0.128 e. The molecule has 0 aliphatic heterocycles. The zero-order valence-corrected chi connectivity index (χ0v) is 12.2. The first-order valence-corrected chi connectivity index (χ1v) is 6.77. The topological polar surface area (TPSA) is 21.3 Å². The van der Waals surface area contributed by atoms with Crippen LogP contribution < -0.4 is 10.1 Å². The number of likely N-dealkylation sites (N-methyl/N-ethyl adjacent to an activating group) is 1. The van der Waals surface area contributed by atoms with Crippen molar-refractivity contribution in [2.75, 3.05) is 14.2 Å². The highest BCUT2D eigenvalue weighted by atomic mass is 35.5. The fourth-order valence-corrected chi connectivity index (χ4v) is 2.36. The Bertz CT molecular complexity index is 588. The predicted octanol–water partition coefficient (Wildman–Crippen LogP) is 3.99. The van der Waals surface area contributed by atoms with Crippen LogP contribution in [0.3, 0.4) is 0 Å². The number of ether oxygens (including phenoxy) is 1. The number of rotatable bonds is 5. The third-order valence-corrected chi connectivity index (χ3v) is 3.49. The van der Waals surface area contributed by atoms with Crippen LogP contribution in [0.15, 0.2) is 42.5 Å². The van der Waals surface area contributed by atoms with Gasteiger partial charge in [0.2, 0.25) is 0 Å². The molecule has 1 atom stereocenters. The summed E-state index contributed by atoms with van der Waals surface area (Å²) in [6.07, 6.45) is 0.658. The third-order valence-electron chi connectivity index (χ3n) is 3.26. The summed E-state index contributed by atoms with van der Waals surface area (Å²) < 4.78 is 19.1. The van der Waals surface area contributed by atoms with Crippen LogP contribution in [0.25, 0.3) is 0 Å². The largest absolute Gasteiger partial charge is 0.497 e.